The number of ether oxygens (including phenoxy) is 1. The number of pyridine rings is 1. The Hall–Kier alpha value is -3.36. The number of likely N-dealkylation sites (tertiary alicyclic amines) is 1. The minimum atomic E-state index is -2.58. The first-order valence-corrected chi connectivity index (χ1v) is 14.4. The van der Waals surface area contributed by atoms with Crippen molar-refractivity contribution < 1.29 is 22.3 Å². The van der Waals surface area contributed by atoms with Crippen molar-refractivity contribution in [2.45, 2.75) is 49.7 Å². The van der Waals surface area contributed by atoms with Crippen molar-refractivity contribution in [3.63, 3.8) is 0 Å². The maximum absolute atomic E-state index is 16.4. The molecule has 2 bridgehead atoms. The summed E-state index contributed by atoms with van der Waals surface area (Å²) in [5.74, 6) is -0.990. The van der Waals surface area contributed by atoms with E-state index < -0.39 is 23.6 Å². The molecule has 3 saturated heterocycles. The zero-order valence-electron chi connectivity index (χ0n) is 22.2. The number of nitrogens with one attached hydrogen (secondary N) is 1. The van der Waals surface area contributed by atoms with Crippen molar-refractivity contribution >= 4 is 43.4 Å². The number of fused-ring (bicyclic) bond motifs is 4. The van der Waals surface area contributed by atoms with E-state index in [9.17, 15) is 13.2 Å². The number of alkyl halides is 2. The topological polar surface area (TPSA) is 105 Å². The Morgan fingerprint density at radius 1 is 1.20 bits per heavy atom. The molecular weight excluding hydrogens is 560 g/mol. The molecule has 0 saturated carbocycles. The van der Waals surface area contributed by atoms with Crippen molar-refractivity contribution in [2.24, 2.45) is 0 Å². The van der Waals surface area contributed by atoms with Crippen LogP contribution in [0.2, 0.25) is 0 Å². The number of benzene rings is 1. The molecule has 0 radical (unpaired) electrons. The quantitative estimate of drug-likeness (QED) is 0.321. The number of hydrogen-bond acceptors (Lipinski definition) is 10. The van der Waals surface area contributed by atoms with Gasteiger partial charge in [0, 0.05) is 36.9 Å². The summed E-state index contributed by atoms with van der Waals surface area (Å²) < 4.78 is 65.5. The van der Waals surface area contributed by atoms with Crippen LogP contribution in [0.5, 0.6) is 6.01 Å². The maximum Gasteiger partial charge on any atom is 0.319 e. The Morgan fingerprint density at radius 3 is 2.83 bits per heavy atom. The fraction of sp³-hybridized carbons (Fsp3) is 0.481. The molecule has 4 aromatic rings. The van der Waals surface area contributed by atoms with Gasteiger partial charge in [-0.3, -0.25) is 4.98 Å². The largest absolute Gasteiger partial charge is 0.462 e. The molecule has 3 aliphatic rings. The summed E-state index contributed by atoms with van der Waals surface area (Å²) in [7, 11) is 2.01. The van der Waals surface area contributed by atoms with E-state index in [2.05, 4.69) is 30.2 Å². The van der Waals surface area contributed by atoms with Crippen LogP contribution in [-0.4, -0.2) is 82.2 Å². The molecule has 1 aromatic carbocycles. The number of anilines is 2. The average molecular weight is 589 g/mol. The summed E-state index contributed by atoms with van der Waals surface area (Å²) >= 11 is 0.966. The van der Waals surface area contributed by atoms with Gasteiger partial charge in [0.05, 0.1) is 21.1 Å². The molecule has 14 heteroatoms. The van der Waals surface area contributed by atoms with Crippen LogP contribution in [0.15, 0.2) is 18.3 Å². The lowest BCUT2D eigenvalue weighted by atomic mass is 9.97. The SMILES string of the molecule is CN1CCCC1COc1nc(N2CC3CCC(C(F)F)(C2)N3)c2cnc(-c3ccc(F)c4sc(N)nc34)c(F)c2n1. The van der Waals surface area contributed by atoms with Gasteiger partial charge in [0.25, 0.3) is 6.43 Å². The van der Waals surface area contributed by atoms with E-state index in [-0.39, 0.29) is 62.1 Å². The van der Waals surface area contributed by atoms with E-state index in [1.165, 1.54) is 18.3 Å². The van der Waals surface area contributed by atoms with Crippen molar-refractivity contribution in [3.8, 4) is 17.3 Å². The fourth-order valence-electron chi connectivity index (χ4n) is 6.38. The predicted octanol–water partition coefficient (Wildman–Crippen LogP) is 4.21. The number of thiazole rings is 1. The molecule has 9 nitrogen and oxygen atoms in total. The van der Waals surface area contributed by atoms with Crippen LogP contribution in [0.4, 0.5) is 28.5 Å². The second-order valence-corrected chi connectivity index (χ2v) is 12.2. The molecule has 3 aliphatic heterocycles. The molecule has 41 heavy (non-hydrogen) atoms. The maximum atomic E-state index is 16.4. The van der Waals surface area contributed by atoms with E-state index in [1.807, 2.05) is 7.05 Å². The summed E-state index contributed by atoms with van der Waals surface area (Å²) in [5.41, 5.74) is 4.78. The number of nitrogens with zero attached hydrogens (tertiary/aromatic N) is 6. The summed E-state index contributed by atoms with van der Waals surface area (Å²) in [6.45, 7) is 1.68. The Bertz CT molecular complexity index is 1650. The van der Waals surface area contributed by atoms with Crippen LogP contribution in [0.1, 0.15) is 25.7 Å². The number of hydrogen-bond donors (Lipinski definition) is 2. The Balaban J connectivity index is 1.36. The third kappa shape index (κ3) is 4.43. The van der Waals surface area contributed by atoms with Crippen LogP contribution < -0.4 is 20.7 Å². The van der Waals surface area contributed by atoms with Crippen LogP contribution in [0.25, 0.3) is 32.4 Å². The number of rotatable bonds is 6. The minimum Gasteiger partial charge on any atom is -0.462 e. The Kier molecular flexibility index (Phi) is 6.39. The van der Waals surface area contributed by atoms with Gasteiger partial charge in [-0.15, -0.1) is 0 Å². The van der Waals surface area contributed by atoms with Gasteiger partial charge in [-0.25, -0.2) is 22.5 Å². The van der Waals surface area contributed by atoms with Gasteiger partial charge in [-0.1, -0.05) is 11.3 Å². The van der Waals surface area contributed by atoms with E-state index in [0.717, 1.165) is 30.7 Å². The lowest BCUT2D eigenvalue weighted by Gasteiger charge is -2.41. The van der Waals surface area contributed by atoms with Crippen LogP contribution in [0, 0.1) is 11.6 Å². The highest BCUT2D eigenvalue weighted by Gasteiger charge is 2.51. The second kappa shape index (κ2) is 9.88. The smallest absolute Gasteiger partial charge is 0.319 e. The Morgan fingerprint density at radius 2 is 2.05 bits per heavy atom. The summed E-state index contributed by atoms with van der Waals surface area (Å²) in [5, 5.41) is 3.51. The van der Waals surface area contributed by atoms with Gasteiger partial charge in [-0.2, -0.15) is 9.97 Å². The summed E-state index contributed by atoms with van der Waals surface area (Å²) in [6.07, 6.45) is 1.79. The van der Waals surface area contributed by atoms with Crippen molar-refractivity contribution in [2.75, 3.05) is 43.9 Å². The number of piperazine rings is 1. The molecule has 3 unspecified atom stereocenters. The van der Waals surface area contributed by atoms with Crippen LogP contribution in [0.3, 0.4) is 0 Å². The third-order valence-electron chi connectivity index (χ3n) is 8.55. The lowest BCUT2D eigenvalue weighted by molar-refractivity contribution is 0.0367. The van der Waals surface area contributed by atoms with E-state index >= 15 is 4.39 Å². The lowest BCUT2D eigenvalue weighted by Crippen LogP contribution is -2.63. The molecule has 7 rings (SSSR count). The first-order chi connectivity index (χ1) is 19.7. The van der Waals surface area contributed by atoms with E-state index in [0.29, 0.717) is 31.8 Å². The van der Waals surface area contributed by atoms with Gasteiger partial charge in [0.1, 0.15) is 29.5 Å². The first kappa shape index (κ1) is 26.5. The Labute approximate surface area is 236 Å². The highest BCUT2D eigenvalue weighted by Crippen LogP contribution is 2.40. The van der Waals surface area contributed by atoms with Gasteiger partial charge in [-0.05, 0) is 51.4 Å². The molecule has 3 aromatic heterocycles. The van der Waals surface area contributed by atoms with Crippen molar-refractivity contribution in [1.82, 2.24) is 30.2 Å². The number of nitrogen functional groups attached to an aromatic ring is 1. The molecule has 3 atom stereocenters. The highest BCUT2D eigenvalue weighted by atomic mass is 32.1. The van der Waals surface area contributed by atoms with Gasteiger partial charge < -0.3 is 25.6 Å². The summed E-state index contributed by atoms with van der Waals surface area (Å²) in [4.78, 5) is 21.6. The van der Waals surface area contributed by atoms with Gasteiger partial charge in [0.15, 0.2) is 10.9 Å². The molecule has 0 spiro atoms. The highest BCUT2D eigenvalue weighted by molar-refractivity contribution is 7.22. The zero-order chi connectivity index (χ0) is 28.5. The molecule has 0 aliphatic carbocycles. The molecule has 6 heterocycles. The standard InChI is InChI=1S/C27H28F4N8OS/c1-38-8-2-3-14(38)11-40-26-35-20-16(23(36-26)39-10-13-6-7-27(12-39,37-13)24(30)31)9-33-19(18(20)29)15-4-5-17(28)22-21(15)34-25(32)41-22/h4-5,9,13-14,24,37H,2-3,6-8,10-12H2,1H3,(H2,32,34). The van der Waals surface area contributed by atoms with E-state index in [1.54, 1.807) is 4.90 Å². The molecular formula is C27H28F4N8OS. The fourth-order valence-corrected chi connectivity index (χ4v) is 7.14. The number of aromatic nitrogens is 4. The second-order valence-electron chi connectivity index (χ2n) is 11.1. The third-order valence-corrected chi connectivity index (χ3v) is 9.44. The van der Waals surface area contributed by atoms with Crippen molar-refractivity contribution in [3.05, 3.63) is 30.0 Å². The first-order valence-electron chi connectivity index (χ1n) is 13.6. The molecule has 3 N–H and O–H groups in total. The number of likely N-dealkylation sites (N-methyl/N-ethyl adjacent to an activating group) is 1. The normalized spacial score (nSPS) is 24.8. The number of halogens is 4. The van der Waals surface area contributed by atoms with Gasteiger partial charge in [0.2, 0.25) is 0 Å². The van der Waals surface area contributed by atoms with Gasteiger partial charge >= 0.3 is 6.01 Å². The average Bonchev–Trinajstić information content (AvgIpc) is 3.64. The number of nitrogens with two attached hydrogens (primary N) is 1. The van der Waals surface area contributed by atoms with Crippen LogP contribution >= 0.6 is 11.3 Å². The summed E-state index contributed by atoms with van der Waals surface area (Å²) in [6, 6.07) is 2.60. The predicted molar refractivity (Wildman–Crippen MR) is 149 cm³/mol. The molecule has 3 fully saturated rings. The minimum absolute atomic E-state index is 0.00185. The van der Waals surface area contributed by atoms with Crippen molar-refractivity contribution in [1.29, 1.82) is 0 Å². The molecule has 0 amide bonds. The monoisotopic (exact) mass is 588 g/mol. The molecule has 216 valence electrons. The van der Waals surface area contributed by atoms with Crippen LogP contribution in [-0.2, 0) is 0 Å². The van der Waals surface area contributed by atoms with E-state index in [4.69, 9.17) is 10.5 Å². The zero-order valence-corrected chi connectivity index (χ0v) is 23.0.